The number of hydrogen-bond donors (Lipinski definition) is 1. The number of unbranched alkanes of at least 4 members (excludes halogenated alkanes) is 1. The third-order valence-corrected chi connectivity index (χ3v) is 3.79. The Morgan fingerprint density at radius 1 is 1.38 bits per heavy atom. The molecule has 2 aliphatic carbocycles. The molecule has 0 saturated heterocycles. The normalized spacial score (nSPS) is 31.8. The number of rotatable bonds is 7. The van der Waals surface area contributed by atoms with Gasteiger partial charge in [-0.05, 0) is 57.9 Å². The molecule has 2 aliphatic rings. The van der Waals surface area contributed by atoms with Gasteiger partial charge in [0.25, 0.3) is 0 Å². The summed E-state index contributed by atoms with van der Waals surface area (Å²) in [4.78, 5) is 0. The summed E-state index contributed by atoms with van der Waals surface area (Å²) < 4.78 is 5.52. The first kappa shape index (κ1) is 12.1. The summed E-state index contributed by atoms with van der Waals surface area (Å²) in [6.45, 7) is 6.26. The molecule has 0 aromatic heterocycles. The Morgan fingerprint density at radius 2 is 2.25 bits per heavy atom. The van der Waals surface area contributed by atoms with E-state index >= 15 is 0 Å². The van der Waals surface area contributed by atoms with Gasteiger partial charge in [-0.2, -0.15) is 0 Å². The van der Waals surface area contributed by atoms with E-state index < -0.39 is 0 Å². The summed E-state index contributed by atoms with van der Waals surface area (Å²) in [7, 11) is 0. The van der Waals surface area contributed by atoms with Gasteiger partial charge in [0.15, 0.2) is 0 Å². The van der Waals surface area contributed by atoms with E-state index in [0.717, 1.165) is 31.0 Å². The monoisotopic (exact) mass is 223 g/mol. The quantitative estimate of drug-likeness (QED) is 0.529. The first-order valence-electron chi connectivity index (χ1n) is 6.79. The van der Waals surface area contributed by atoms with E-state index in [-0.39, 0.29) is 0 Å². The third-order valence-electron chi connectivity index (χ3n) is 3.79. The van der Waals surface area contributed by atoms with Crippen molar-refractivity contribution in [2.45, 2.75) is 51.7 Å². The lowest BCUT2D eigenvalue weighted by Gasteiger charge is -2.40. The summed E-state index contributed by atoms with van der Waals surface area (Å²) in [5, 5.41) is 3.67. The van der Waals surface area contributed by atoms with Crippen LogP contribution >= 0.6 is 0 Å². The fourth-order valence-electron chi connectivity index (χ4n) is 2.78. The van der Waals surface area contributed by atoms with Crippen LogP contribution in [-0.2, 0) is 4.74 Å². The molecule has 2 nitrogen and oxygen atoms in total. The van der Waals surface area contributed by atoms with E-state index in [9.17, 15) is 0 Å². The maximum Gasteiger partial charge on any atom is 0.0518 e. The van der Waals surface area contributed by atoms with Gasteiger partial charge in [-0.25, -0.2) is 0 Å². The fourth-order valence-corrected chi connectivity index (χ4v) is 2.78. The molecule has 0 amide bonds. The van der Waals surface area contributed by atoms with Crippen LogP contribution in [0.3, 0.4) is 0 Å². The van der Waals surface area contributed by atoms with Crippen molar-refractivity contribution in [3.8, 4) is 0 Å². The lowest BCUT2D eigenvalue weighted by molar-refractivity contribution is 0.0752. The number of ether oxygens (including phenoxy) is 1. The molecule has 0 aromatic rings. The second-order valence-corrected chi connectivity index (χ2v) is 5.42. The average molecular weight is 223 g/mol. The molecular formula is C14H25NO. The molecule has 1 N–H and O–H groups in total. The molecule has 0 radical (unpaired) electrons. The van der Waals surface area contributed by atoms with E-state index in [4.69, 9.17) is 4.74 Å². The SMILES string of the molecule is CC(C)OCCCCNC1CC2CC=CC21. The summed E-state index contributed by atoms with van der Waals surface area (Å²) in [5.41, 5.74) is 0. The lowest BCUT2D eigenvalue weighted by Crippen LogP contribution is -2.48. The van der Waals surface area contributed by atoms with Gasteiger partial charge in [-0.3, -0.25) is 0 Å². The van der Waals surface area contributed by atoms with Crippen LogP contribution in [0, 0.1) is 11.8 Å². The zero-order valence-electron chi connectivity index (χ0n) is 10.6. The van der Waals surface area contributed by atoms with Crippen LogP contribution in [0.5, 0.6) is 0 Å². The molecule has 0 aliphatic heterocycles. The molecule has 3 atom stereocenters. The van der Waals surface area contributed by atoms with Gasteiger partial charge in [0.2, 0.25) is 0 Å². The van der Waals surface area contributed by atoms with Gasteiger partial charge >= 0.3 is 0 Å². The highest BCUT2D eigenvalue weighted by Gasteiger charge is 2.40. The molecule has 1 fully saturated rings. The molecule has 92 valence electrons. The zero-order chi connectivity index (χ0) is 11.4. The van der Waals surface area contributed by atoms with E-state index in [2.05, 4.69) is 31.3 Å². The first-order valence-corrected chi connectivity index (χ1v) is 6.79. The number of allylic oxidation sites excluding steroid dienone is 1. The Bertz CT molecular complexity index is 237. The zero-order valence-corrected chi connectivity index (χ0v) is 10.6. The highest BCUT2D eigenvalue weighted by Crippen LogP contribution is 2.42. The van der Waals surface area contributed by atoms with Crippen molar-refractivity contribution in [2.75, 3.05) is 13.2 Å². The van der Waals surface area contributed by atoms with Crippen molar-refractivity contribution >= 4 is 0 Å². The van der Waals surface area contributed by atoms with Gasteiger partial charge < -0.3 is 10.1 Å². The predicted octanol–water partition coefficient (Wildman–Crippen LogP) is 2.75. The Morgan fingerprint density at radius 3 is 3.00 bits per heavy atom. The van der Waals surface area contributed by atoms with Crippen LogP contribution in [0.15, 0.2) is 12.2 Å². The average Bonchev–Trinajstić information content (AvgIpc) is 2.58. The standard InChI is InChI=1S/C14H25NO/c1-11(2)16-9-4-3-8-15-14-10-12-6-5-7-13(12)14/h5,7,11-15H,3-4,6,8-10H2,1-2H3. The molecular weight excluding hydrogens is 198 g/mol. The lowest BCUT2D eigenvalue weighted by atomic mass is 9.71. The maximum absolute atomic E-state index is 5.52. The molecule has 0 aromatic carbocycles. The summed E-state index contributed by atoms with van der Waals surface area (Å²) >= 11 is 0. The maximum atomic E-state index is 5.52. The molecule has 2 rings (SSSR count). The number of fused-ring (bicyclic) bond motifs is 1. The summed E-state index contributed by atoms with van der Waals surface area (Å²) in [5.74, 6) is 1.83. The van der Waals surface area contributed by atoms with E-state index in [1.54, 1.807) is 0 Å². The van der Waals surface area contributed by atoms with Crippen molar-refractivity contribution in [1.82, 2.24) is 5.32 Å². The van der Waals surface area contributed by atoms with Gasteiger partial charge in [0, 0.05) is 12.6 Å². The highest BCUT2D eigenvalue weighted by molar-refractivity contribution is 5.12. The van der Waals surface area contributed by atoms with E-state index in [1.807, 2.05) is 0 Å². The topological polar surface area (TPSA) is 21.3 Å². The van der Waals surface area contributed by atoms with Gasteiger partial charge in [-0.1, -0.05) is 12.2 Å². The number of nitrogens with one attached hydrogen (secondary N) is 1. The first-order chi connectivity index (χ1) is 7.77. The Hall–Kier alpha value is -0.340. The van der Waals surface area contributed by atoms with Gasteiger partial charge in [0.05, 0.1) is 6.10 Å². The van der Waals surface area contributed by atoms with Crippen LogP contribution in [0.1, 0.15) is 39.5 Å². The highest BCUT2D eigenvalue weighted by atomic mass is 16.5. The predicted molar refractivity (Wildman–Crippen MR) is 67.5 cm³/mol. The van der Waals surface area contributed by atoms with E-state index in [1.165, 1.54) is 25.7 Å². The molecule has 0 heterocycles. The van der Waals surface area contributed by atoms with E-state index in [0.29, 0.717) is 6.10 Å². The minimum Gasteiger partial charge on any atom is -0.379 e. The fraction of sp³-hybridized carbons (Fsp3) is 0.857. The number of hydrogen-bond acceptors (Lipinski definition) is 2. The molecule has 0 bridgehead atoms. The smallest absolute Gasteiger partial charge is 0.0518 e. The Labute approximate surface area is 99.4 Å². The molecule has 2 heteroatoms. The minimum atomic E-state index is 0.379. The van der Waals surface area contributed by atoms with Crippen LogP contribution < -0.4 is 5.32 Å². The van der Waals surface area contributed by atoms with Crippen molar-refractivity contribution < 1.29 is 4.74 Å². The summed E-state index contributed by atoms with van der Waals surface area (Å²) in [6, 6.07) is 0.773. The molecule has 0 spiro atoms. The molecule has 3 unspecified atom stereocenters. The van der Waals surface area contributed by atoms with Crippen LogP contribution in [0.2, 0.25) is 0 Å². The molecule has 1 saturated carbocycles. The Kier molecular flexibility index (Phi) is 4.42. The minimum absolute atomic E-state index is 0.379. The van der Waals surface area contributed by atoms with Crippen LogP contribution in [-0.4, -0.2) is 25.3 Å². The van der Waals surface area contributed by atoms with Crippen molar-refractivity contribution in [2.24, 2.45) is 11.8 Å². The third kappa shape index (κ3) is 3.08. The van der Waals surface area contributed by atoms with Crippen molar-refractivity contribution in [3.05, 3.63) is 12.2 Å². The second-order valence-electron chi connectivity index (χ2n) is 5.42. The van der Waals surface area contributed by atoms with Crippen molar-refractivity contribution in [1.29, 1.82) is 0 Å². The van der Waals surface area contributed by atoms with Crippen molar-refractivity contribution in [3.63, 3.8) is 0 Å². The van der Waals surface area contributed by atoms with Gasteiger partial charge in [0.1, 0.15) is 0 Å². The largest absolute Gasteiger partial charge is 0.379 e. The second kappa shape index (κ2) is 5.83. The summed E-state index contributed by atoms with van der Waals surface area (Å²) in [6.07, 6.45) is 10.3. The van der Waals surface area contributed by atoms with Crippen LogP contribution in [0.25, 0.3) is 0 Å². The Balaban J connectivity index is 1.45. The molecule has 16 heavy (non-hydrogen) atoms. The van der Waals surface area contributed by atoms with Crippen LogP contribution in [0.4, 0.5) is 0 Å². The van der Waals surface area contributed by atoms with Gasteiger partial charge in [-0.15, -0.1) is 0 Å².